The third-order valence-corrected chi connectivity index (χ3v) is 3.10. The molecule has 0 aliphatic rings. The van der Waals surface area contributed by atoms with Crippen LogP contribution >= 0.6 is 0 Å². The van der Waals surface area contributed by atoms with Gasteiger partial charge in [0.25, 0.3) is 0 Å². The third-order valence-electron chi connectivity index (χ3n) is 3.10. The number of aromatic nitrogens is 2. The van der Waals surface area contributed by atoms with E-state index in [1.54, 1.807) is 30.7 Å². The number of imidazole rings is 1. The number of benzene rings is 2. The van der Waals surface area contributed by atoms with Crippen LogP contribution in [0.15, 0.2) is 66.2 Å². The SMILES string of the molecule is O=Nc1ccc(OCc2ccccc2)cc1-c1cnc[nH]1. The molecule has 3 rings (SSSR count). The number of ether oxygens (including phenoxy) is 1. The summed E-state index contributed by atoms with van der Waals surface area (Å²) in [5.74, 6) is 0.677. The molecule has 104 valence electrons. The van der Waals surface area contributed by atoms with Crippen LogP contribution in [-0.2, 0) is 6.61 Å². The summed E-state index contributed by atoms with van der Waals surface area (Å²) >= 11 is 0. The summed E-state index contributed by atoms with van der Waals surface area (Å²) in [4.78, 5) is 17.8. The summed E-state index contributed by atoms with van der Waals surface area (Å²) in [6.45, 7) is 0.469. The molecule has 0 radical (unpaired) electrons. The van der Waals surface area contributed by atoms with E-state index < -0.39 is 0 Å². The second-order valence-corrected chi connectivity index (χ2v) is 4.51. The van der Waals surface area contributed by atoms with E-state index in [9.17, 15) is 4.91 Å². The van der Waals surface area contributed by atoms with Gasteiger partial charge in [0.05, 0.1) is 18.2 Å². The topological polar surface area (TPSA) is 67.3 Å². The fourth-order valence-electron chi connectivity index (χ4n) is 2.04. The Hall–Kier alpha value is -2.95. The Morgan fingerprint density at radius 3 is 2.71 bits per heavy atom. The van der Waals surface area contributed by atoms with Crippen molar-refractivity contribution in [2.45, 2.75) is 6.61 Å². The molecule has 0 unspecified atom stereocenters. The molecule has 0 amide bonds. The maximum Gasteiger partial charge on any atom is 0.120 e. The number of nitrogens with zero attached hydrogens (tertiary/aromatic N) is 2. The Bertz CT molecular complexity index is 725. The van der Waals surface area contributed by atoms with Gasteiger partial charge in [-0.1, -0.05) is 30.3 Å². The van der Waals surface area contributed by atoms with E-state index in [2.05, 4.69) is 15.1 Å². The number of H-pyrrole nitrogens is 1. The van der Waals surface area contributed by atoms with Gasteiger partial charge in [0.2, 0.25) is 0 Å². The fraction of sp³-hybridized carbons (Fsp3) is 0.0625. The summed E-state index contributed by atoms with van der Waals surface area (Å²) in [7, 11) is 0. The maximum atomic E-state index is 10.9. The molecule has 0 atom stereocenters. The summed E-state index contributed by atoms with van der Waals surface area (Å²) in [6.07, 6.45) is 3.20. The van der Waals surface area contributed by atoms with Crippen LogP contribution in [0, 0.1) is 4.91 Å². The van der Waals surface area contributed by atoms with Crippen LogP contribution in [0.3, 0.4) is 0 Å². The smallest absolute Gasteiger partial charge is 0.120 e. The lowest BCUT2D eigenvalue weighted by molar-refractivity contribution is 0.306. The molecule has 0 spiro atoms. The van der Waals surface area contributed by atoms with E-state index in [0.29, 0.717) is 23.6 Å². The van der Waals surface area contributed by atoms with Crippen molar-refractivity contribution < 1.29 is 4.74 Å². The number of aromatic amines is 1. The molecule has 0 saturated heterocycles. The standard InChI is InChI=1S/C16H13N3O2/c20-19-15-7-6-13(8-14(15)16-9-17-11-18-16)21-10-12-4-2-1-3-5-12/h1-9,11H,10H2,(H,17,18). The number of hydrogen-bond acceptors (Lipinski definition) is 4. The van der Waals surface area contributed by atoms with Gasteiger partial charge in [-0.3, -0.25) is 0 Å². The minimum absolute atomic E-state index is 0.353. The lowest BCUT2D eigenvalue weighted by atomic mass is 10.1. The van der Waals surface area contributed by atoms with Crippen LogP contribution in [0.5, 0.6) is 5.75 Å². The van der Waals surface area contributed by atoms with Crippen molar-refractivity contribution in [1.82, 2.24) is 9.97 Å². The predicted molar refractivity (Wildman–Crippen MR) is 80.3 cm³/mol. The minimum atomic E-state index is 0.353. The maximum absolute atomic E-state index is 10.9. The average Bonchev–Trinajstić information content (AvgIpc) is 3.08. The molecule has 0 aliphatic carbocycles. The number of nitroso groups, excluding NO2 is 1. The van der Waals surface area contributed by atoms with Crippen molar-refractivity contribution in [3.8, 4) is 17.0 Å². The van der Waals surface area contributed by atoms with Crippen molar-refractivity contribution in [3.05, 3.63) is 71.5 Å². The molecule has 5 heteroatoms. The van der Waals surface area contributed by atoms with Crippen LogP contribution in [0.4, 0.5) is 5.69 Å². The van der Waals surface area contributed by atoms with Crippen LogP contribution < -0.4 is 4.74 Å². The van der Waals surface area contributed by atoms with Gasteiger partial charge in [-0.05, 0) is 28.9 Å². The van der Waals surface area contributed by atoms with Crippen molar-refractivity contribution in [2.75, 3.05) is 0 Å². The zero-order valence-corrected chi connectivity index (χ0v) is 11.2. The van der Waals surface area contributed by atoms with Gasteiger partial charge < -0.3 is 9.72 Å². The molecule has 1 heterocycles. The molecule has 2 aromatic carbocycles. The van der Waals surface area contributed by atoms with Gasteiger partial charge in [-0.15, -0.1) is 4.91 Å². The zero-order chi connectivity index (χ0) is 14.5. The number of nitrogens with one attached hydrogen (secondary N) is 1. The first kappa shape index (κ1) is 13.1. The molecule has 0 saturated carbocycles. The average molecular weight is 279 g/mol. The lowest BCUT2D eigenvalue weighted by Gasteiger charge is -2.08. The highest BCUT2D eigenvalue weighted by Gasteiger charge is 2.09. The Morgan fingerprint density at radius 1 is 1.14 bits per heavy atom. The first-order valence-electron chi connectivity index (χ1n) is 6.49. The van der Waals surface area contributed by atoms with E-state index in [1.807, 2.05) is 30.3 Å². The Kier molecular flexibility index (Phi) is 3.73. The molecule has 0 bridgehead atoms. The van der Waals surface area contributed by atoms with Crippen LogP contribution in [-0.4, -0.2) is 9.97 Å². The molecule has 5 nitrogen and oxygen atoms in total. The van der Waals surface area contributed by atoms with Crippen molar-refractivity contribution >= 4 is 5.69 Å². The number of hydrogen-bond donors (Lipinski definition) is 1. The van der Waals surface area contributed by atoms with Crippen LogP contribution in [0.25, 0.3) is 11.3 Å². The second-order valence-electron chi connectivity index (χ2n) is 4.51. The second kappa shape index (κ2) is 6.00. The van der Waals surface area contributed by atoms with Gasteiger partial charge in [0.15, 0.2) is 0 Å². The van der Waals surface area contributed by atoms with Crippen molar-refractivity contribution in [3.63, 3.8) is 0 Å². The van der Waals surface area contributed by atoms with E-state index >= 15 is 0 Å². The molecule has 1 aromatic heterocycles. The van der Waals surface area contributed by atoms with Crippen molar-refractivity contribution in [1.29, 1.82) is 0 Å². The van der Waals surface area contributed by atoms with E-state index in [0.717, 1.165) is 11.3 Å². The van der Waals surface area contributed by atoms with Crippen molar-refractivity contribution in [2.24, 2.45) is 5.18 Å². The zero-order valence-electron chi connectivity index (χ0n) is 11.2. The summed E-state index contributed by atoms with van der Waals surface area (Å²) < 4.78 is 5.75. The highest BCUT2D eigenvalue weighted by molar-refractivity contribution is 5.74. The highest BCUT2D eigenvalue weighted by atomic mass is 16.5. The lowest BCUT2D eigenvalue weighted by Crippen LogP contribution is -1.95. The Labute approximate surface area is 121 Å². The van der Waals surface area contributed by atoms with Gasteiger partial charge in [-0.2, -0.15) is 0 Å². The molecular formula is C16H13N3O2. The Balaban J connectivity index is 1.84. The monoisotopic (exact) mass is 279 g/mol. The van der Waals surface area contributed by atoms with Crippen LogP contribution in [0.2, 0.25) is 0 Å². The first-order valence-corrected chi connectivity index (χ1v) is 6.49. The third kappa shape index (κ3) is 2.97. The normalized spacial score (nSPS) is 10.3. The first-order chi connectivity index (χ1) is 10.4. The fourth-order valence-corrected chi connectivity index (χ4v) is 2.04. The van der Waals surface area contributed by atoms with Gasteiger partial charge >= 0.3 is 0 Å². The summed E-state index contributed by atoms with van der Waals surface area (Å²) in [5.41, 5.74) is 2.84. The van der Waals surface area contributed by atoms with Crippen LogP contribution in [0.1, 0.15) is 5.56 Å². The molecule has 0 aliphatic heterocycles. The van der Waals surface area contributed by atoms with E-state index in [4.69, 9.17) is 4.74 Å². The molecule has 21 heavy (non-hydrogen) atoms. The quantitative estimate of drug-likeness (QED) is 0.716. The van der Waals surface area contributed by atoms with Gasteiger partial charge in [0, 0.05) is 5.56 Å². The van der Waals surface area contributed by atoms with E-state index in [-0.39, 0.29) is 0 Å². The molecular weight excluding hydrogens is 266 g/mol. The molecule has 0 fully saturated rings. The molecule has 3 aromatic rings. The largest absolute Gasteiger partial charge is 0.489 e. The van der Waals surface area contributed by atoms with Gasteiger partial charge in [0.1, 0.15) is 18.0 Å². The summed E-state index contributed by atoms with van der Waals surface area (Å²) in [6, 6.07) is 15.1. The number of rotatable bonds is 5. The molecule has 1 N–H and O–H groups in total. The minimum Gasteiger partial charge on any atom is -0.489 e. The predicted octanol–water partition coefficient (Wildman–Crippen LogP) is 4.05. The Morgan fingerprint density at radius 2 is 2.00 bits per heavy atom. The summed E-state index contributed by atoms with van der Waals surface area (Å²) in [5, 5.41) is 3.03. The highest BCUT2D eigenvalue weighted by Crippen LogP contribution is 2.32. The van der Waals surface area contributed by atoms with Gasteiger partial charge in [-0.25, -0.2) is 4.98 Å². The van der Waals surface area contributed by atoms with E-state index in [1.165, 1.54) is 0 Å².